The predicted octanol–water partition coefficient (Wildman–Crippen LogP) is 4.55. The van der Waals surface area contributed by atoms with Gasteiger partial charge in [-0.05, 0) is 38.0 Å². The maximum Gasteiger partial charge on any atom is 0.248 e. The summed E-state index contributed by atoms with van der Waals surface area (Å²) in [4.78, 5) is 22.4. The number of nitrogens with one attached hydrogen (secondary N) is 2. The van der Waals surface area contributed by atoms with Crippen molar-refractivity contribution in [2.75, 3.05) is 11.9 Å². The molecule has 2 heterocycles. The van der Waals surface area contributed by atoms with Crippen LogP contribution in [0.2, 0.25) is 0 Å². The molecular weight excluding hydrogens is 381 g/mol. The Bertz CT molecular complexity index is 1050. The fraction of sp³-hybridized carbons (Fsp3) is 0.286. The van der Waals surface area contributed by atoms with Gasteiger partial charge < -0.3 is 10.3 Å². The van der Waals surface area contributed by atoms with E-state index >= 15 is 0 Å². The molecule has 2 N–H and O–H groups in total. The predicted molar refractivity (Wildman–Crippen MR) is 107 cm³/mol. The Morgan fingerprint density at radius 3 is 2.31 bits per heavy atom. The number of anilines is 1. The zero-order chi connectivity index (χ0) is 21.6. The number of hydrogen-bond acceptors (Lipinski definition) is 4. The van der Waals surface area contributed by atoms with E-state index in [1.807, 2.05) is 19.9 Å². The van der Waals surface area contributed by atoms with Crippen LogP contribution in [0.3, 0.4) is 0 Å². The van der Waals surface area contributed by atoms with Gasteiger partial charge in [-0.3, -0.25) is 4.79 Å². The molecule has 154 valence electrons. The van der Waals surface area contributed by atoms with Gasteiger partial charge >= 0.3 is 0 Å². The number of aryl methyl sites for hydroxylation is 2. The number of halogens is 3. The lowest BCUT2D eigenvalue weighted by molar-refractivity contribution is 0.496. The first-order valence-electron chi connectivity index (χ1n) is 9.26. The molecule has 8 heteroatoms. The lowest BCUT2D eigenvalue weighted by Gasteiger charge is -2.10. The molecule has 0 amide bonds. The van der Waals surface area contributed by atoms with Crippen molar-refractivity contribution in [1.82, 2.24) is 15.0 Å². The van der Waals surface area contributed by atoms with E-state index in [0.717, 1.165) is 17.3 Å². The Morgan fingerprint density at radius 1 is 0.931 bits per heavy atom. The van der Waals surface area contributed by atoms with E-state index in [-0.39, 0.29) is 16.9 Å². The molecule has 0 bridgehead atoms. The van der Waals surface area contributed by atoms with Crippen LogP contribution in [0.5, 0.6) is 0 Å². The minimum atomic E-state index is -1.27. The summed E-state index contributed by atoms with van der Waals surface area (Å²) in [6.07, 6.45) is 0.572. The van der Waals surface area contributed by atoms with E-state index in [1.54, 1.807) is 19.9 Å². The van der Waals surface area contributed by atoms with Crippen LogP contribution in [0.25, 0.3) is 11.4 Å². The SMILES string of the molecule is CC.Cc1cc(NCCc2cc(C)[nH]c(=O)c2)nc(-c2cc(F)c(F)cc2F)n1. The van der Waals surface area contributed by atoms with Gasteiger partial charge in [-0.25, -0.2) is 23.1 Å². The number of aromatic amines is 1. The Balaban J connectivity index is 0.00000145. The van der Waals surface area contributed by atoms with Crippen molar-refractivity contribution in [2.45, 2.75) is 34.1 Å². The van der Waals surface area contributed by atoms with E-state index in [2.05, 4.69) is 20.3 Å². The zero-order valence-corrected chi connectivity index (χ0v) is 16.7. The molecule has 0 radical (unpaired) electrons. The average molecular weight is 404 g/mol. The lowest BCUT2D eigenvalue weighted by atomic mass is 10.1. The first-order valence-corrected chi connectivity index (χ1v) is 9.26. The quantitative estimate of drug-likeness (QED) is 0.612. The van der Waals surface area contributed by atoms with E-state index in [0.29, 0.717) is 30.5 Å². The normalized spacial score (nSPS) is 10.3. The van der Waals surface area contributed by atoms with Crippen molar-refractivity contribution in [3.8, 4) is 11.4 Å². The van der Waals surface area contributed by atoms with Crippen molar-refractivity contribution in [1.29, 1.82) is 0 Å². The minimum absolute atomic E-state index is 0.0408. The summed E-state index contributed by atoms with van der Waals surface area (Å²) in [5, 5.41) is 3.07. The second kappa shape index (κ2) is 9.86. The first-order chi connectivity index (χ1) is 13.8. The van der Waals surface area contributed by atoms with Gasteiger partial charge in [0.15, 0.2) is 17.5 Å². The molecule has 0 spiro atoms. The highest BCUT2D eigenvalue weighted by molar-refractivity contribution is 5.58. The van der Waals surface area contributed by atoms with Gasteiger partial charge in [0.05, 0.1) is 5.56 Å². The molecule has 0 unspecified atom stereocenters. The topological polar surface area (TPSA) is 70.7 Å². The van der Waals surface area contributed by atoms with Crippen LogP contribution in [0, 0.1) is 31.3 Å². The second-order valence-electron chi connectivity index (χ2n) is 6.18. The highest BCUT2D eigenvalue weighted by Gasteiger charge is 2.15. The summed E-state index contributed by atoms with van der Waals surface area (Å²) < 4.78 is 40.6. The second-order valence-corrected chi connectivity index (χ2v) is 6.18. The summed E-state index contributed by atoms with van der Waals surface area (Å²) in [5.74, 6) is -3.00. The van der Waals surface area contributed by atoms with Gasteiger partial charge in [0, 0.05) is 36.1 Å². The largest absolute Gasteiger partial charge is 0.370 e. The zero-order valence-electron chi connectivity index (χ0n) is 16.7. The highest BCUT2D eigenvalue weighted by atomic mass is 19.2. The third kappa shape index (κ3) is 5.91. The smallest absolute Gasteiger partial charge is 0.248 e. The number of benzene rings is 1. The van der Waals surface area contributed by atoms with E-state index in [1.165, 1.54) is 6.07 Å². The maximum atomic E-state index is 14.0. The van der Waals surface area contributed by atoms with Crippen LogP contribution in [0.15, 0.2) is 35.1 Å². The van der Waals surface area contributed by atoms with Crippen LogP contribution in [0.1, 0.15) is 30.8 Å². The number of aromatic nitrogens is 3. The lowest BCUT2D eigenvalue weighted by Crippen LogP contribution is -2.12. The van der Waals surface area contributed by atoms with E-state index < -0.39 is 17.5 Å². The van der Waals surface area contributed by atoms with Crippen LogP contribution in [-0.4, -0.2) is 21.5 Å². The van der Waals surface area contributed by atoms with Gasteiger partial charge in [0.2, 0.25) is 5.56 Å². The number of H-pyrrole nitrogens is 1. The molecule has 0 aliphatic carbocycles. The Labute approximate surface area is 167 Å². The van der Waals surface area contributed by atoms with Crippen LogP contribution in [0.4, 0.5) is 19.0 Å². The minimum Gasteiger partial charge on any atom is -0.370 e. The molecule has 3 rings (SSSR count). The molecule has 0 fully saturated rings. The molecule has 1 aromatic carbocycles. The van der Waals surface area contributed by atoms with Crippen molar-refractivity contribution in [3.05, 3.63) is 75.1 Å². The molecule has 0 saturated heterocycles. The number of pyridine rings is 1. The van der Waals surface area contributed by atoms with Crippen molar-refractivity contribution < 1.29 is 13.2 Å². The summed E-state index contributed by atoms with van der Waals surface area (Å²) in [6, 6.07) is 6.25. The molecule has 3 aromatic rings. The van der Waals surface area contributed by atoms with Crippen LogP contribution < -0.4 is 10.9 Å². The van der Waals surface area contributed by atoms with E-state index in [9.17, 15) is 18.0 Å². The number of rotatable bonds is 5. The van der Waals surface area contributed by atoms with Crippen LogP contribution in [-0.2, 0) is 6.42 Å². The molecule has 0 aliphatic heterocycles. The Kier molecular flexibility index (Phi) is 7.52. The third-order valence-corrected chi connectivity index (χ3v) is 3.86. The molecule has 0 atom stereocenters. The molecule has 0 saturated carbocycles. The Hall–Kier alpha value is -3.16. The van der Waals surface area contributed by atoms with Crippen molar-refractivity contribution in [2.24, 2.45) is 0 Å². The molecule has 2 aromatic heterocycles. The summed E-state index contributed by atoms with van der Waals surface area (Å²) >= 11 is 0. The highest BCUT2D eigenvalue weighted by Crippen LogP contribution is 2.24. The third-order valence-electron chi connectivity index (χ3n) is 3.86. The maximum absolute atomic E-state index is 14.0. The molecule has 0 aliphatic rings. The van der Waals surface area contributed by atoms with E-state index in [4.69, 9.17) is 0 Å². The Morgan fingerprint density at radius 2 is 1.62 bits per heavy atom. The standard InChI is InChI=1S/C19H17F3N4O.C2H6/c1-10-5-12(7-18(27)24-10)3-4-23-17-6-11(2)25-19(26-17)13-8-15(21)16(22)9-14(13)20;1-2/h5-9H,3-4H2,1-2H3,(H,24,27)(H,23,25,26);1-2H3. The average Bonchev–Trinajstić information content (AvgIpc) is 2.65. The summed E-state index contributed by atoms with van der Waals surface area (Å²) in [7, 11) is 0. The number of hydrogen-bond donors (Lipinski definition) is 2. The van der Waals surface area contributed by atoms with Crippen molar-refractivity contribution in [3.63, 3.8) is 0 Å². The van der Waals surface area contributed by atoms with Gasteiger partial charge in [-0.2, -0.15) is 0 Å². The van der Waals surface area contributed by atoms with Gasteiger partial charge in [0.1, 0.15) is 11.6 Å². The van der Waals surface area contributed by atoms with Gasteiger partial charge in [0.25, 0.3) is 0 Å². The molecule has 5 nitrogen and oxygen atoms in total. The number of nitrogens with zero attached hydrogens (tertiary/aromatic N) is 2. The molecule has 29 heavy (non-hydrogen) atoms. The molecular formula is C21H23F3N4O. The monoisotopic (exact) mass is 404 g/mol. The van der Waals surface area contributed by atoms with Gasteiger partial charge in [-0.1, -0.05) is 13.8 Å². The fourth-order valence-corrected chi connectivity index (χ4v) is 2.71. The summed E-state index contributed by atoms with van der Waals surface area (Å²) in [6.45, 7) is 7.96. The fourth-order valence-electron chi connectivity index (χ4n) is 2.71. The first kappa shape index (κ1) is 22.1. The van der Waals surface area contributed by atoms with Gasteiger partial charge in [-0.15, -0.1) is 0 Å². The van der Waals surface area contributed by atoms with Crippen LogP contribution >= 0.6 is 0 Å². The van der Waals surface area contributed by atoms with Crippen molar-refractivity contribution >= 4 is 5.82 Å². The summed E-state index contributed by atoms with van der Waals surface area (Å²) in [5.41, 5.74) is 1.79.